The molecule has 0 aliphatic heterocycles. The summed E-state index contributed by atoms with van der Waals surface area (Å²) in [6.07, 6.45) is 0. The molecule has 0 amide bonds. The van der Waals surface area contributed by atoms with E-state index in [1.165, 1.54) is 0 Å². The molecule has 4 N–H and O–H groups in total. The summed E-state index contributed by atoms with van der Waals surface area (Å²) in [5, 5.41) is 0. The van der Waals surface area contributed by atoms with Crippen molar-refractivity contribution in [3.05, 3.63) is 0 Å². The van der Waals surface area contributed by atoms with Crippen molar-refractivity contribution < 1.29 is 0 Å². The Morgan fingerprint density at radius 2 is 1.40 bits per heavy atom. The van der Waals surface area contributed by atoms with Gasteiger partial charge in [-0.1, -0.05) is 0 Å². The third kappa shape index (κ3) is 206. The second-order valence-electron chi connectivity index (χ2n) is 0.402. The van der Waals surface area contributed by atoms with E-state index in [-0.39, 0.29) is 13.5 Å². The van der Waals surface area contributed by atoms with Gasteiger partial charge in [0.25, 0.3) is 0 Å². The van der Waals surface area contributed by atoms with E-state index in [0.717, 1.165) is 0 Å². The van der Waals surface area contributed by atoms with Crippen LogP contribution in [0.2, 0.25) is 0 Å². The van der Waals surface area contributed by atoms with Gasteiger partial charge in [0.2, 0.25) is 0 Å². The van der Waals surface area contributed by atoms with Gasteiger partial charge in [-0.3, -0.25) is 0 Å². The van der Waals surface area contributed by atoms with Gasteiger partial charge < -0.3 is 0 Å². The second-order valence-corrected chi connectivity index (χ2v) is 1.39. The van der Waals surface area contributed by atoms with Crippen LogP contribution in [0.5, 0.6) is 0 Å². The number of hydrogen-bond donors (Lipinski definition) is 2. The van der Waals surface area contributed by atoms with E-state index in [4.69, 9.17) is 11.5 Å². The molecular weight excluding hydrogens is 151 g/mol. The standard InChI is InChI=1S/CH4N2Se.H2S/c2-1(3)4;/h(H4,2,3,4);1H2. The molecule has 0 fully saturated rings. The van der Waals surface area contributed by atoms with E-state index in [2.05, 4.69) is 15.6 Å². The summed E-state index contributed by atoms with van der Waals surface area (Å²) in [5.74, 6) is 0. The minimum absolute atomic E-state index is 0. The minimum atomic E-state index is 0. The zero-order valence-electron chi connectivity index (χ0n) is 2.56. The van der Waals surface area contributed by atoms with Crippen LogP contribution in [0, 0.1) is 0 Å². The average molecular weight is 157 g/mol. The molecule has 0 spiro atoms. The summed E-state index contributed by atoms with van der Waals surface area (Å²) >= 11 is 2.38. The Morgan fingerprint density at radius 3 is 1.40 bits per heavy atom. The third-order valence-electron chi connectivity index (χ3n) is 0. The first-order valence-electron chi connectivity index (χ1n) is 0.781. The van der Waals surface area contributed by atoms with Crippen molar-refractivity contribution >= 4 is 33.7 Å². The van der Waals surface area contributed by atoms with Gasteiger partial charge >= 0.3 is 31.7 Å². The van der Waals surface area contributed by atoms with Crippen LogP contribution in [0.4, 0.5) is 0 Å². The largest absolute Gasteiger partial charge is 0.197 e. The zero-order chi connectivity index (χ0) is 3.58. The summed E-state index contributed by atoms with van der Waals surface area (Å²) in [4.78, 5) is 0. The maximum Gasteiger partial charge on any atom is -0.197 e. The summed E-state index contributed by atoms with van der Waals surface area (Å²) in [5.41, 5.74) is 9.50. The molecule has 4 heteroatoms. The molecule has 0 saturated heterocycles. The molecule has 0 radical (unpaired) electrons. The monoisotopic (exact) mass is 158 g/mol. The van der Waals surface area contributed by atoms with Gasteiger partial charge in [-0.15, -0.1) is 0 Å². The van der Waals surface area contributed by atoms with Crippen molar-refractivity contribution in [3.63, 3.8) is 0 Å². The molecule has 0 aliphatic rings. The van der Waals surface area contributed by atoms with Gasteiger partial charge in [-0.2, -0.15) is 13.5 Å². The second kappa shape index (κ2) is 4.34. The number of hydrogen-bond acceptors (Lipinski definition) is 2. The molecule has 0 unspecified atom stereocenters. The summed E-state index contributed by atoms with van der Waals surface area (Å²) < 4.78 is 0.292. The smallest absolute Gasteiger partial charge is 0.197 e. The van der Waals surface area contributed by atoms with Gasteiger partial charge in [0, 0.05) is 0 Å². The van der Waals surface area contributed by atoms with Crippen molar-refractivity contribution in [2.24, 2.45) is 11.5 Å². The van der Waals surface area contributed by atoms with Crippen LogP contribution in [0.3, 0.4) is 0 Å². The Balaban J connectivity index is 0. The topological polar surface area (TPSA) is 52.0 Å². The first-order valence-corrected chi connectivity index (χ1v) is 1.64. The summed E-state index contributed by atoms with van der Waals surface area (Å²) in [6, 6.07) is 0. The Kier molecular flexibility index (Phi) is 7.83. The molecule has 0 aromatic rings. The Hall–Kier alpha value is 0.339. The maximum atomic E-state index is 4.75. The molecule has 0 saturated carbocycles. The SMILES string of the molecule is NC(N)=[Se].S. The number of nitrogens with two attached hydrogens (primary N) is 2. The van der Waals surface area contributed by atoms with E-state index >= 15 is 0 Å². The van der Waals surface area contributed by atoms with Gasteiger partial charge in [0.1, 0.15) is 0 Å². The molecule has 32 valence electrons. The molecule has 0 rings (SSSR count). The zero-order valence-corrected chi connectivity index (χ0v) is 5.28. The Morgan fingerprint density at radius 1 is 1.40 bits per heavy atom. The van der Waals surface area contributed by atoms with Crippen molar-refractivity contribution in [1.29, 1.82) is 0 Å². The first-order chi connectivity index (χ1) is 1.73. The van der Waals surface area contributed by atoms with Crippen molar-refractivity contribution in [1.82, 2.24) is 0 Å². The average Bonchev–Trinajstić information content (AvgIpc) is 0.811. The van der Waals surface area contributed by atoms with Crippen molar-refractivity contribution in [2.45, 2.75) is 0 Å². The molecule has 0 atom stereocenters. The van der Waals surface area contributed by atoms with E-state index in [0.29, 0.717) is 4.67 Å². The molecule has 5 heavy (non-hydrogen) atoms. The quantitative estimate of drug-likeness (QED) is 0.411. The van der Waals surface area contributed by atoms with Crippen LogP contribution in [-0.4, -0.2) is 20.2 Å². The van der Waals surface area contributed by atoms with Crippen LogP contribution in [-0.2, 0) is 0 Å². The van der Waals surface area contributed by atoms with Gasteiger partial charge in [-0.05, 0) is 0 Å². The van der Waals surface area contributed by atoms with E-state index in [9.17, 15) is 0 Å². The normalized spacial score (nSPS) is 4.80. The van der Waals surface area contributed by atoms with Crippen LogP contribution in [0.25, 0.3) is 0 Å². The van der Waals surface area contributed by atoms with Crippen LogP contribution in [0.1, 0.15) is 0 Å². The maximum absolute atomic E-state index is 4.75. The predicted molar refractivity (Wildman–Crippen MR) is 29.5 cm³/mol. The van der Waals surface area contributed by atoms with Crippen molar-refractivity contribution in [2.75, 3.05) is 0 Å². The molecular formula is CH6N2SSe. The van der Waals surface area contributed by atoms with Crippen LogP contribution >= 0.6 is 13.5 Å². The van der Waals surface area contributed by atoms with E-state index in [1.807, 2.05) is 0 Å². The van der Waals surface area contributed by atoms with Gasteiger partial charge in [-0.25, -0.2) is 0 Å². The third-order valence-corrected chi connectivity index (χ3v) is 0. The fourth-order valence-corrected chi connectivity index (χ4v) is 0. The molecule has 0 bridgehead atoms. The minimum Gasteiger partial charge on any atom is -0.197 e. The molecule has 2 nitrogen and oxygen atoms in total. The first kappa shape index (κ1) is 9.02. The van der Waals surface area contributed by atoms with Gasteiger partial charge in [0.15, 0.2) is 0 Å². The summed E-state index contributed by atoms with van der Waals surface area (Å²) in [7, 11) is 0. The van der Waals surface area contributed by atoms with Crippen LogP contribution < -0.4 is 11.5 Å². The molecule has 0 heterocycles. The molecule has 0 aromatic carbocycles. The Bertz CT molecular complexity index is 32.6. The van der Waals surface area contributed by atoms with Gasteiger partial charge in [0.05, 0.1) is 0 Å². The number of rotatable bonds is 0. The van der Waals surface area contributed by atoms with Crippen molar-refractivity contribution in [3.8, 4) is 0 Å². The van der Waals surface area contributed by atoms with Crippen LogP contribution in [0.15, 0.2) is 0 Å². The van der Waals surface area contributed by atoms with E-state index in [1.54, 1.807) is 0 Å². The molecule has 0 aromatic heterocycles. The predicted octanol–water partition coefficient (Wildman–Crippen LogP) is -1.73. The Labute approximate surface area is 45.7 Å². The summed E-state index contributed by atoms with van der Waals surface area (Å²) in [6.45, 7) is 0. The van der Waals surface area contributed by atoms with E-state index < -0.39 is 0 Å². The molecule has 0 aliphatic carbocycles. The fourth-order valence-electron chi connectivity index (χ4n) is 0. The fraction of sp³-hybridized carbons (Fsp3) is 0.